The van der Waals surface area contributed by atoms with Crippen LogP contribution in [0, 0.1) is 29.5 Å². The van der Waals surface area contributed by atoms with Crippen LogP contribution in [0.15, 0.2) is 91.3 Å². The van der Waals surface area contributed by atoms with Crippen LogP contribution in [0.1, 0.15) is 63.1 Å². The van der Waals surface area contributed by atoms with Crippen molar-refractivity contribution in [3.05, 3.63) is 120 Å². The monoisotopic (exact) mass is 628 g/mol. The van der Waals surface area contributed by atoms with Crippen molar-refractivity contribution in [1.82, 2.24) is 20.0 Å². The molecule has 47 heavy (non-hydrogen) atoms. The first kappa shape index (κ1) is 33.0. The Morgan fingerprint density at radius 2 is 1.09 bits per heavy atom. The Balaban J connectivity index is 0.000000185. The number of nitrogens with zero attached hydrogens (tertiary/aromatic N) is 6. The minimum absolute atomic E-state index is 0.0443. The summed E-state index contributed by atoms with van der Waals surface area (Å²) in [5.74, 6) is 11.7. The van der Waals surface area contributed by atoms with Crippen molar-refractivity contribution >= 4 is 23.2 Å². The Bertz CT molecular complexity index is 1880. The molecule has 0 saturated carbocycles. The van der Waals surface area contributed by atoms with Gasteiger partial charge in [-0.15, -0.1) is 0 Å². The number of anilines is 2. The molecule has 0 atom stereocenters. The topological polar surface area (TPSA) is 72.9 Å². The summed E-state index contributed by atoms with van der Waals surface area (Å²) in [7, 11) is 3.82. The van der Waals surface area contributed by atoms with E-state index in [-0.39, 0.29) is 28.7 Å². The number of rotatable bonds is 2. The summed E-state index contributed by atoms with van der Waals surface area (Å²) in [5, 5.41) is 7.20. The smallest absolute Gasteiger partial charge is 0.243 e. The van der Waals surface area contributed by atoms with E-state index in [1.165, 1.54) is 12.1 Å². The minimum atomic E-state index is -0.316. The normalized spacial score (nSPS) is 16.9. The van der Waals surface area contributed by atoms with Crippen LogP contribution < -0.4 is 10.0 Å². The first-order chi connectivity index (χ1) is 22.3. The lowest BCUT2D eigenvalue weighted by molar-refractivity contribution is -0.118. The summed E-state index contributed by atoms with van der Waals surface area (Å²) in [5.41, 5.74) is 3.89. The minimum Gasteiger partial charge on any atom is -0.273 e. The molecule has 238 valence electrons. The third-order valence-corrected chi connectivity index (χ3v) is 8.25. The fraction of sp³-hybridized carbons (Fsp3) is 0.263. The predicted octanol–water partition coefficient (Wildman–Crippen LogP) is 5.83. The number of hydrogen-bond donors (Lipinski definition) is 0. The highest BCUT2D eigenvalue weighted by Gasteiger charge is 2.43. The number of halogens is 1. The van der Waals surface area contributed by atoms with Gasteiger partial charge in [0.05, 0.1) is 23.8 Å². The van der Waals surface area contributed by atoms with Gasteiger partial charge in [-0.3, -0.25) is 9.59 Å². The van der Waals surface area contributed by atoms with E-state index in [2.05, 4.69) is 47.5 Å². The van der Waals surface area contributed by atoms with Crippen LogP contribution in [-0.4, -0.2) is 57.0 Å². The second-order valence-electron chi connectivity index (χ2n) is 12.6. The Hall–Kier alpha value is -5.35. The molecule has 2 aliphatic rings. The number of pyridine rings is 2. The van der Waals surface area contributed by atoms with E-state index in [1.807, 2.05) is 86.5 Å². The molecule has 2 amide bonds. The Labute approximate surface area is 275 Å². The second-order valence-corrected chi connectivity index (χ2v) is 12.6. The molecule has 2 aliphatic heterocycles. The second kappa shape index (κ2) is 13.6. The first-order valence-corrected chi connectivity index (χ1v) is 15.2. The van der Waals surface area contributed by atoms with E-state index < -0.39 is 0 Å². The van der Waals surface area contributed by atoms with E-state index in [4.69, 9.17) is 0 Å². The quantitative estimate of drug-likeness (QED) is 0.261. The highest BCUT2D eigenvalue weighted by atomic mass is 19.1. The highest BCUT2D eigenvalue weighted by Crippen LogP contribution is 2.33. The molecule has 0 bridgehead atoms. The third kappa shape index (κ3) is 7.73. The number of hydrogen-bond acceptors (Lipinski definition) is 6. The molecule has 2 fully saturated rings. The standard InChI is InChI=1S/C19H18FN3O.C19H19N3O/c1-19(2)12-18(24)23(22(19)3)17-10-9-16(21-13-17)8-7-14-5-4-6-15(20)11-14;1-19(2)13-18(23)22(21(19)3)17-12-11-16(20-14-17)10-9-15-7-5-4-6-8-15/h4-6,9-11,13H,12H2,1-3H3;4-8,11-12,14H,13H2,1-3H3. The van der Waals surface area contributed by atoms with Gasteiger partial charge in [0.1, 0.15) is 17.2 Å². The molecular weight excluding hydrogens is 591 g/mol. The van der Waals surface area contributed by atoms with E-state index in [9.17, 15) is 14.0 Å². The van der Waals surface area contributed by atoms with Crippen LogP contribution in [0.25, 0.3) is 0 Å². The Kier molecular flexibility index (Phi) is 9.53. The maximum Gasteiger partial charge on any atom is 0.243 e. The highest BCUT2D eigenvalue weighted by molar-refractivity contribution is 5.96. The molecule has 0 spiro atoms. The van der Waals surface area contributed by atoms with Crippen LogP contribution in [0.4, 0.5) is 15.8 Å². The number of hydrazine groups is 2. The molecule has 4 aromatic rings. The summed E-state index contributed by atoms with van der Waals surface area (Å²) in [6.45, 7) is 8.16. The fourth-order valence-electron chi connectivity index (χ4n) is 5.16. The van der Waals surface area contributed by atoms with Crippen LogP contribution >= 0.6 is 0 Å². The van der Waals surface area contributed by atoms with Gasteiger partial charge in [0.25, 0.3) is 0 Å². The third-order valence-electron chi connectivity index (χ3n) is 8.25. The van der Waals surface area contributed by atoms with Gasteiger partial charge in [-0.25, -0.2) is 34.4 Å². The van der Waals surface area contributed by atoms with E-state index in [1.54, 1.807) is 40.6 Å². The fourth-order valence-corrected chi connectivity index (χ4v) is 5.16. The summed E-state index contributed by atoms with van der Waals surface area (Å²) < 4.78 is 13.1. The average molecular weight is 629 g/mol. The van der Waals surface area contributed by atoms with Crippen LogP contribution in [0.2, 0.25) is 0 Å². The van der Waals surface area contributed by atoms with Crippen LogP contribution in [0.5, 0.6) is 0 Å². The van der Waals surface area contributed by atoms with Crippen molar-refractivity contribution in [1.29, 1.82) is 0 Å². The summed E-state index contributed by atoms with van der Waals surface area (Å²) >= 11 is 0. The zero-order valence-corrected chi connectivity index (χ0v) is 27.5. The van der Waals surface area contributed by atoms with Gasteiger partial charge in [0, 0.05) is 49.1 Å². The number of aromatic nitrogens is 2. The maximum absolute atomic E-state index is 13.1. The van der Waals surface area contributed by atoms with Gasteiger partial charge >= 0.3 is 0 Å². The molecule has 2 saturated heterocycles. The van der Waals surface area contributed by atoms with Gasteiger partial charge in [0.2, 0.25) is 11.8 Å². The molecule has 9 heteroatoms. The zero-order chi connectivity index (χ0) is 33.8. The van der Waals surface area contributed by atoms with E-state index in [0.717, 1.165) is 11.3 Å². The predicted molar refractivity (Wildman–Crippen MR) is 181 cm³/mol. The molecular formula is C38H37FN6O2. The summed E-state index contributed by atoms with van der Waals surface area (Å²) in [4.78, 5) is 33.1. The van der Waals surface area contributed by atoms with Gasteiger partial charge < -0.3 is 0 Å². The lowest BCUT2D eigenvalue weighted by Crippen LogP contribution is -2.44. The van der Waals surface area contributed by atoms with Gasteiger partial charge in [-0.2, -0.15) is 0 Å². The molecule has 0 unspecified atom stereocenters. The van der Waals surface area contributed by atoms with Crippen LogP contribution in [0.3, 0.4) is 0 Å². The average Bonchev–Trinajstić information content (AvgIpc) is 3.38. The zero-order valence-electron chi connectivity index (χ0n) is 27.5. The molecule has 8 nitrogen and oxygen atoms in total. The molecule has 0 N–H and O–H groups in total. The van der Waals surface area contributed by atoms with Crippen molar-refractivity contribution in [3.63, 3.8) is 0 Å². The summed E-state index contributed by atoms with van der Waals surface area (Å²) in [6.07, 6.45) is 4.29. The largest absolute Gasteiger partial charge is 0.273 e. The van der Waals surface area contributed by atoms with Crippen molar-refractivity contribution in [2.24, 2.45) is 0 Å². The van der Waals surface area contributed by atoms with Gasteiger partial charge in [-0.1, -0.05) is 36.1 Å². The molecule has 0 aliphatic carbocycles. The molecule has 6 rings (SSSR count). The Morgan fingerprint density at radius 1 is 0.617 bits per heavy atom. The van der Waals surface area contributed by atoms with Crippen molar-refractivity contribution in [2.75, 3.05) is 24.1 Å². The van der Waals surface area contributed by atoms with Crippen molar-refractivity contribution < 1.29 is 14.0 Å². The lowest BCUT2D eigenvalue weighted by atomic mass is 10.0. The number of carbonyl (C=O) groups is 2. The number of benzene rings is 2. The molecule has 0 radical (unpaired) electrons. The molecule has 2 aromatic carbocycles. The van der Waals surface area contributed by atoms with Crippen molar-refractivity contribution in [3.8, 4) is 23.7 Å². The molecule has 4 heterocycles. The van der Waals surface area contributed by atoms with E-state index >= 15 is 0 Å². The Morgan fingerprint density at radius 3 is 1.49 bits per heavy atom. The molecule has 2 aromatic heterocycles. The first-order valence-electron chi connectivity index (χ1n) is 15.2. The van der Waals surface area contributed by atoms with Gasteiger partial charge in [-0.05, 0) is 94.1 Å². The maximum atomic E-state index is 13.1. The van der Waals surface area contributed by atoms with Gasteiger partial charge in [0.15, 0.2) is 0 Å². The van der Waals surface area contributed by atoms with E-state index in [0.29, 0.717) is 35.5 Å². The lowest BCUT2D eigenvalue weighted by Gasteiger charge is -2.32. The number of carbonyl (C=O) groups excluding carboxylic acids is 2. The van der Waals surface area contributed by atoms with Crippen LogP contribution in [-0.2, 0) is 9.59 Å². The SMILES string of the molecule is CN1N(c2ccc(C#Cc3cccc(F)c3)nc2)C(=O)CC1(C)C.CN1N(c2ccc(C#Cc3ccccc3)nc2)C(=O)CC1(C)C. The van der Waals surface area contributed by atoms with Crippen molar-refractivity contribution in [2.45, 2.75) is 51.6 Å². The summed E-state index contributed by atoms with van der Waals surface area (Å²) in [6, 6.07) is 23.2. The number of amides is 2.